The maximum absolute atomic E-state index is 13.3. The predicted molar refractivity (Wildman–Crippen MR) is 86.1 cm³/mol. The Morgan fingerprint density at radius 2 is 2.00 bits per heavy atom. The molecule has 1 heterocycles. The highest BCUT2D eigenvalue weighted by Crippen LogP contribution is 2.28. The molecule has 1 N–H and O–H groups in total. The maximum atomic E-state index is 13.3. The lowest BCUT2D eigenvalue weighted by atomic mass is 10.0. The summed E-state index contributed by atoms with van der Waals surface area (Å²) in [5, 5.41) is 9.40. The third-order valence-corrected chi connectivity index (χ3v) is 5.16. The highest BCUT2D eigenvalue weighted by atomic mass is 19.1. The molecule has 1 saturated heterocycles. The molecule has 22 heavy (non-hydrogen) atoms. The minimum atomic E-state index is -0.158. The Balaban J connectivity index is 1.61. The average Bonchev–Trinajstić information content (AvgIpc) is 3.02. The third-order valence-electron chi connectivity index (χ3n) is 5.16. The lowest BCUT2D eigenvalue weighted by Gasteiger charge is -2.44. The zero-order valence-electron chi connectivity index (χ0n) is 13.3. The van der Waals surface area contributed by atoms with Crippen LogP contribution in [-0.2, 0) is 6.54 Å². The lowest BCUT2D eigenvalue weighted by Crippen LogP contribution is -2.56. The average molecular weight is 306 g/mol. The first kappa shape index (κ1) is 15.9. The van der Waals surface area contributed by atoms with Gasteiger partial charge in [-0.3, -0.25) is 9.80 Å². The molecule has 0 radical (unpaired) electrons. The molecule has 2 aliphatic rings. The van der Waals surface area contributed by atoms with Gasteiger partial charge in [0.2, 0.25) is 0 Å². The largest absolute Gasteiger partial charge is 0.396 e. The molecular weight excluding hydrogens is 279 g/mol. The van der Waals surface area contributed by atoms with Crippen LogP contribution in [0.2, 0.25) is 0 Å². The van der Waals surface area contributed by atoms with Gasteiger partial charge in [0.15, 0.2) is 0 Å². The number of hydrogen-bond donors (Lipinski definition) is 1. The summed E-state index contributed by atoms with van der Waals surface area (Å²) in [7, 11) is 0. The number of aliphatic hydroxyl groups is 1. The van der Waals surface area contributed by atoms with Crippen LogP contribution in [0.3, 0.4) is 0 Å². The van der Waals surface area contributed by atoms with Crippen molar-refractivity contribution in [2.75, 3.05) is 26.2 Å². The number of piperazine rings is 1. The molecule has 3 nitrogen and oxygen atoms in total. The molecule has 0 spiro atoms. The molecule has 4 heteroatoms. The van der Waals surface area contributed by atoms with Gasteiger partial charge in [-0.1, -0.05) is 25.0 Å². The standard InChI is InChI=1S/C18H27FN2O/c19-16-5-3-4-15(12-16)13-20-9-10-21(17-6-1-2-7-17)18(14-20)8-11-22/h3-5,12,17-18,22H,1-2,6-11,13-14H2. The molecule has 1 aliphatic carbocycles. The Kier molecular flexibility index (Phi) is 5.45. The summed E-state index contributed by atoms with van der Waals surface area (Å²) in [6, 6.07) is 8.06. The Hall–Kier alpha value is -0.970. The fraction of sp³-hybridized carbons (Fsp3) is 0.667. The number of nitrogens with zero attached hydrogens (tertiary/aromatic N) is 2. The minimum Gasteiger partial charge on any atom is -0.396 e. The molecule has 3 rings (SSSR count). The maximum Gasteiger partial charge on any atom is 0.123 e. The van der Waals surface area contributed by atoms with Gasteiger partial charge in [0.05, 0.1) is 0 Å². The van der Waals surface area contributed by atoms with Crippen molar-refractivity contribution in [3.8, 4) is 0 Å². The van der Waals surface area contributed by atoms with Gasteiger partial charge in [-0.2, -0.15) is 0 Å². The molecular formula is C18H27FN2O. The summed E-state index contributed by atoms with van der Waals surface area (Å²) in [5.41, 5.74) is 1.04. The first-order chi connectivity index (χ1) is 10.8. The van der Waals surface area contributed by atoms with Crippen LogP contribution in [0.25, 0.3) is 0 Å². The zero-order chi connectivity index (χ0) is 15.4. The number of benzene rings is 1. The molecule has 0 bridgehead atoms. The van der Waals surface area contributed by atoms with Crippen molar-refractivity contribution in [2.24, 2.45) is 0 Å². The smallest absolute Gasteiger partial charge is 0.123 e. The van der Waals surface area contributed by atoms with Crippen LogP contribution in [0.5, 0.6) is 0 Å². The molecule has 1 unspecified atom stereocenters. The lowest BCUT2D eigenvalue weighted by molar-refractivity contribution is 0.0267. The van der Waals surface area contributed by atoms with Gasteiger partial charge in [0, 0.05) is 44.9 Å². The van der Waals surface area contributed by atoms with E-state index in [9.17, 15) is 9.50 Å². The second-order valence-corrected chi connectivity index (χ2v) is 6.71. The Morgan fingerprint density at radius 1 is 1.18 bits per heavy atom. The molecule has 1 saturated carbocycles. The summed E-state index contributed by atoms with van der Waals surface area (Å²) < 4.78 is 13.3. The van der Waals surface area contributed by atoms with Crippen LogP contribution in [0, 0.1) is 5.82 Å². The van der Waals surface area contributed by atoms with E-state index in [1.165, 1.54) is 31.7 Å². The zero-order valence-corrected chi connectivity index (χ0v) is 13.3. The van der Waals surface area contributed by atoms with Gasteiger partial charge in [0.1, 0.15) is 5.82 Å². The monoisotopic (exact) mass is 306 g/mol. The number of aliphatic hydroxyl groups excluding tert-OH is 1. The van der Waals surface area contributed by atoms with Crippen LogP contribution in [0.15, 0.2) is 24.3 Å². The van der Waals surface area contributed by atoms with E-state index in [0.29, 0.717) is 12.1 Å². The van der Waals surface area contributed by atoms with Gasteiger partial charge in [-0.15, -0.1) is 0 Å². The summed E-state index contributed by atoms with van der Waals surface area (Å²) >= 11 is 0. The van der Waals surface area contributed by atoms with Crippen molar-refractivity contribution in [2.45, 2.75) is 50.7 Å². The highest BCUT2D eigenvalue weighted by Gasteiger charge is 2.32. The van der Waals surface area contributed by atoms with Crippen LogP contribution >= 0.6 is 0 Å². The van der Waals surface area contributed by atoms with Gasteiger partial charge in [-0.05, 0) is 37.0 Å². The van der Waals surface area contributed by atoms with Crippen molar-refractivity contribution in [3.05, 3.63) is 35.6 Å². The molecule has 1 aliphatic heterocycles. The normalized spacial score (nSPS) is 24.9. The quantitative estimate of drug-likeness (QED) is 0.906. The van der Waals surface area contributed by atoms with Crippen molar-refractivity contribution < 1.29 is 9.50 Å². The Labute approximate surface area is 132 Å². The van der Waals surface area contributed by atoms with Crippen LogP contribution < -0.4 is 0 Å². The Morgan fingerprint density at radius 3 is 2.73 bits per heavy atom. The van der Waals surface area contributed by atoms with Crippen LogP contribution in [0.1, 0.15) is 37.7 Å². The van der Waals surface area contributed by atoms with E-state index >= 15 is 0 Å². The van der Waals surface area contributed by atoms with Crippen molar-refractivity contribution in [1.29, 1.82) is 0 Å². The first-order valence-electron chi connectivity index (χ1n) is 8.59. The summed E-state index contributed by atoms with van der Waals surface area (Å²) in [4.78, 5) is 5.03. The molecule has 1 aromatic carbocycles. The van der Waals surface area contributed by atoms with E-state index in [1.54, 1.807) is 12.1 Å². The van der Waals surface area contributed by atoms with Gasteiger partial charge >= 0.3 is 0 Å². The van der Waals surface area contributed by atoms with Crippen molar-refractivity contribution in [3.63, 3.8) is 0 Å². The SMILES string of the molecule is OCCC1CN(Cc2cccc(F)c2)CCN1C1CCCC1. The highest BCUT2D eigenvalue weighted by molar-refractivity contribution is 5.16. The number of rotatable bonds is 5. The van der Waals surface area contributed by atoms with Crippen molar-refractivity contribution in [1.82, 2.24) is 9.80 Å². The second kappa shape index (κ2) is 7.53. The molecule has 0 aromatic heterocycles. The summed E-state index contributed by atoms with van der Waals surface area (Å²) in [6.07, 6.45) is 6.16. The van der Waals surface area contributed by atoms with Crippen molar-refractivity contribution >= 4 is 0 Å². The molecule has 1 atom stereocenters. The van der Waals surface area contributed by atoms with E-state index < -0.39 is 0 Å². The minimum absolute atomic E-state index is 0.158. The van der Waals surface area contributed by atoms with Crippen LogP contribution in [0.4, 0.5) is 4.39 Å². The molecule has 122 valence electrons. The van der Waals surface area contributed by atoms with Crippen LogP contribution in [-0.4, -0.2) is 53.2 Å². The van der Waals surface area contributed by atoms with E-state index in [0.717, 1.165) is 38.2 Å². The first-order valence-corrected chi connectivity index (χ1v) is 8.59. The van der Waals surface area contributed by atoms with Gasteiger partial charge < -0.3 is 5.11 Å². The Bertz CT molecular complexity index is 476. The topological polar surface area (TPSA) is 26.7 Å². The number of halogens is 1. The molecule has 0 amide bonds. The summed E-state index contributed by atoms with van der Waals surface area (Å²) in [5.74, 6) is -0.158. The number of hydrogen-bond acceptors (Lipinski definition) is 3. The fourth-order valence-electron chi connectivity index (χ4n) is 4.09. The van der Waals surface area contributed by atoms with E-state index in [4.69, 9.17) is 0 Å². The molecule has 1 aromatic rings. The predicted octanol–water partition coefficient (Wildman–Crippen LogP) is 2.64. The third kappa shape index (κ3) is 3.86. The van der Waals surface area contributed by atoms with Gasteiger partial charge in [0.25, 0.3) is 0 Å². The van der Waals surface area contributed by atoms with E-state index in [2.05, 4.69) is 9.80 Å². The summed E-state index contributed by atoms with van der Waals surface area (Å²) in [6.45, 7) is 4.15. The fourth-order valence-corrected chi connectivity index (χ4v) is 4.09. The molecule has 2 fully saturated rings. The van der Waals surface area contributed by atoms with E-state index in [1.807, 2.05) is 6.07 Å². The van der Waals surface area contributed by atoms with Gasteiger partial charge in [-0.25, -0.2) is 4.39 Å². The van der Waals surface area contributed by atoms with E-state index in [-0.39, 0.29) is 12.4 Å². The second-order valence-electron chi connectivity index (χ2n) is 6.71.